The van der Waals surface area contributed by atoms with Crippen LogP contribution in [0.25, 0.3) is 0 Å². The first-order valence-electron chi connectivity index (χ1n) is 10.1. The summed E-state index contributed by atoms with van der Waals surface area (Å²) in [6, 6.07) is 1.77. The van der Waals surface area contributed by atoms with Crippen LogP contribution in [0.1, 0.15) is 22.3 Å². The molecule has 14 nitrogen and oxygen atoms in total. The van der Waals surface area contributed by atoms with Crippen molar-refractivity contribution < 1.29 is 43.7 Å². The summed E-state index contributed by atoms with van der Waals surface area (Å²) >= 11 is 0. The molecular weight excluding hydrogens is 441 g/mol. The largest absolute Gasteiger partial charge is 0.669 e. The number of rotatable bonds is 8. The van der Waals surface area contributed by atoms with E-state index in [1.54, 1.807) is 6.07 Å². The van der Waals surface area contributed by atoms with Crippen LogP contribution < -0.4 is 31.9 Å². The molecule has 15 heteroatoms. The maximum Gasteiger partial charge on any atom is 0.430 e. The maximum atomic E-state index is 12.4. The Morgan fingerprint density at radius 3 is 2.52 bits per heavy atom. The zero-order valence-corrected chi connectivity index (χ0v) is 17.5. The fraction of sp³-hybridized carbons (Fsp3) is 0.444. The number of primary amides is 1. The Kier molecular flexibility index (Phi) is 6.78. The number of nitrogens with two attached hydrogens (primary N) is 3. The fourth-order valence-corrected chi connectivity index (χ4v) is 3.53. The van der Waals surface area contributed by atoms with E-state index in [0.717, 1.165) is 0 Å². The molecule has 0 aliphatic carbocycles. The van der Waals surface area contributed by atoms with Crippen molar-refractivity contribution >= 4 is 30.4 Å². The third kappa shape index (κ3) is 5.51. The predicted molar refractivity (Wildman–Crippen MR) is 112 cm³/mol. The number of amides is 3. The van der Waals surface area contributed by atoms with Crippen molar-refractivity contribution in [1.29, 1.82) is 0 Å². The Morgan fingerprint density at radius 2 is 1.91 bits per heavy atom. The maximum absolute atomic E-state index is 12.4. The number of fused-ring (bicyclic) bond motifs is 1. The van der Waals surface area contributed by atoms with Crippen molar-refractivity contribution in [3.05, 3.63) is 23.3 Å². The Bertz CT molecular complexity index is 982. The SMILES string of the molecule is NC(=O)C[C@@H](N)C(=O)N[C@H](N)C(=O)N1CC(Oc2ccc3c(c2C(=O)O)O[B-](O)(O)CC3)C1. The van der Waals surface area contributed by atoms with Crippen LogP contribution >= 0.6 is 0 Å². The Morgan fingerprint density at radius 1 is 1.24 bits per heavy atom. The van der Waals surface area contributed by atoms with Crippen molar-refractivity contribution in [2.24, 2.45) is 17.2 Å². The van der Waals surface area contributed by atoms with Gasteiger partial charge in [0.05, 0.1) is 31.3 Å². The molecule has 2 heterocycles. The molecule has 33 heavy (non-hydrogen) atoms. The van der Waals surface area contributed by atoms with Gasteiger partial charge in [-0.05, 0) is 18.1 Å². The minimum absolute atomic E-state index is 0.0538. The van der Waals surface area contributed by atoms with Crippen LogP contribution in [0, 0.1) is 0 Å². The summed E-state index contributed by atoms with van der Waals surface area (Å²) in [6.07, 6.45) is -2.23. The van der Waals surface area contributed by atoms with Crippen molar-refractivity contribution in [1.82, 2.24) is 10.2 Å². The molecular formula is C18H25BN5O9-. The molecule has 0 spiro atoms. The number of hydrogen-bond donors (Lipinski definition) is 7. The van der Waals surface area contributed by atoms with Crippen molar-refractivity contribution in [3.63, 3.8) is 0 Å². The van der Waals surface area contributed by atoms with Crippen molar-refractivity contribution in [3.8, 4) is 11.5 Å². The van der Waals surface area contributed by atoms with Gasteiger partial charge < -0.3 is 52.0 Å². The summed E-state index contributed by atoms with van der Waals surface area (Å²) in [6.45, 7) is -3.06. The molecule has 0 bridgehead atoms. The standard InChI is InChI=1S/C18H25BN5O9/c20-10(5-12(21)25)16(26)23-15(22)17(27)24-6-9(7-24)32-11-2-1-8-3-4-19(30,31)33-14(8)13(11)18(28)29/h1-2,9-10,15,30-31H,3-7,20,22H2,(H2,21,25)(H,23,26)(H,28,29)/q-1/t10-,15+/m1/s1. The highest BCUT2D eigenvalue weighted by Crippen LogP contribution is 2.38. The smallest absolute Gasteiger partial charge is 0.430 e. The molecule has 1 aromatic carbocycles. The van der Waals surface area contributed by atoms with Gasteiger partial charge in [-0.25, -0.2) is 4.79 Å². The highest BCUT2D eigenvalue weighted by Gasteiger charge is 2.38. The zero-order valence-electron chi connectivity index (χ0n) is 17.5. The van der Waals surface area contributed by atoms with Gasteiger partial charge in [0.1, 0.15) is 17.4 Å². The Labute approximate surface area is 187 Å². The summed E-state index contributed by atoms with van der Waals surface area (Å²) in [7, 11) is 0. The van der Waals surface area contributed by atoms with E-state index >= 15 is 0 Å². The first kappa shape index (κ1) is 24.3. The molecule has 1 fully saturated rings. The van der Waals surface area contributed by atoms with E-state index in [-0.39, 0.29) is 42.9 Å². The Hall–Kier alpha value is -3.40. The summed E-state index contributed by atoms with van der Waals surface area (Å²) in [5, 5.41) is 31.4. The number of aryl methyl sites for hydroxylation is 1. The number of hydrogen-bond acceptors (Lipinski definition) is 10. The topological polar surface area (TPSA) is 241 Å². The van der Waals surface area contributed by atoms with Gasteiger partial charge in [0.2, 0.25) is 11.8 Å². The predicted octanol–water partition coefficient (Wildman–Crippen LogP) is -3.56. The highest BCUT2D eigenvalue weighted by molar-refractivity contribution is 6.59. The number of nitrogens with one attached hydrogen (secondary N) is 1. The number of carbonyl (C=O) groups is 4. The lowest BCUT2D eigenvalue weighted by Gasteiger charge is -2.41. The third-order valence-corrected chi connectivity index (χ3v) is 5.29. The molecule has 1 aromatic rings. The number of carboxylic acid groups (broad SMARTS) is 1. The lowest BCUT2D eigenvalue weighted by molar-refractivity contribution is -0.144. The monoisotopic (exact) mass is 466 g/mol. The van der Waals surface area contributed by atoms with Gasteiger partial charge >= 0.3 is 12.7 Å². The van der Waals surface area contributed by atoms with Crippen LogP contribution in [0.5, 0.6) is 11.5 Å². The van der Waals surface area contributed by atoms with Gasteiger partial charge in [-0.15, -0.1) is 0 Å². The summed E-state index contributed by atoms with van der Waals surface area (Å²) in [4.78, 5) is 48.2. The number of carbonyl (C=O) groups excluding carboxylic acids is 3. The number of benzene rings is 1. The van der Waals surface area contributed by atoms with Crippen LogP contribution in [-0.2, 0) is 20.8 Å². The van der Waals surface area contributed by atoms with Gasteiger partial charge in [0.25, 0.3) is 5.91 Å². The third-order valence-electron chi connectivity index (χ3n) is 5.29. The second kappa shape index (κ2) is 9.23. The van der Waals surface area contributed by atoms with Crippen LogP contribution in [-0.4, -0.2) is 81.9 Å². The summed E-state index contributed by atoms with van der Waals surface area (Å²) < 4.78 is 10.8. The van der Waals surface area contributed by atoms with Gasteiger partial charge in [-0.3, -0.25) is 14.4 Å². The number of carboxylic acids is 1. The molecule has 0 aromatic heterocycles. The molecule has 180 valence electrons. The lowest BCUT2D eigenvalue weighted by Crippen LogP contribution is -2.64. The lowest BCUT2D eigenvalue weighted by atomic mass is 9.70. The second-order valence-electron chi connectivity index (χ2n) is 7.99. The molecule has 3 amide bonds. The minimum Gasteiger partial charge on any atom is -0.669 e. The van der Waals surface area contributed by atoms with E-state index < -0.39 is 55.2 Å². The molecule has 2 atom stereocenters. The first-order valence-corrected chi connectivity index (χ1v) is 10.1. The van der Waals surface area contributed by atoms with Crippen LogP contribution in [0.4, 0.5) is 0 Å². The van der Waals surface area contributed by atoms with E-state index in [4.69, 9.17) is 26.6 Å². The zero-order chi connectivity index (χ0) is 24.5. The molecule has 1 saturated heterocycles. The summed E-state index contributed by atoms with van der Waals surface area (Å²) in [5.74, 6) is -3.82. The van der Waals surface area contributed by atoms with E-state index in [2.05, 4.69) is 5.32 Å². The van der Waals surface area contributed by atoms with E-state index in [1.807, 2.05) is 0 Å². The summed E-state index contributed by atoms with van der Waals surface area (Å²) in [5.41, 5.74) is 16.3. The Balaban J connectivity index is 1.60. The highest BCUT2D eigenvalue weighted by atomic mass is 16.6. The average Bonchev–Trinajstić information content (AvgIpc) is 2.67. The van der Waals surface area contributed by atoms with E-state index in [9.17, 15) is 34.3 Å². The normalized spacial score (nSPS) is 18.7. The molecule has 3 rings (SSSR count). The molecule has 0 saturated carbocycles. The van der Waals surface area contributed by atoms with E-state index in [0.29, 0.717) is 5.56 Å². The number of likely N-dealkylation sites (tertiary alicyclic amines) is 1. The average molecular weight is 466 g/mol. The second-order valence-corrected chi connectivity index (χ2v) is 7.99. The van der Waals surface area contributed by atoms with Gasteiger partial charge in [-0.1, -0.05) is 12.4 Å². The van der Waals surface area contributed by atoms with Gasteiger partial charge in [-0.2, -0.15) is 0 Å². The number of aromatic carboxylic acids is 1. The quantitative estimate of drug-likeness (QED) is 0.146. The van der Waals surface area contributed by atoms with Crippen LogP contribution in [0.3, 0.4) is 0 Å². The molecule has 2 aliphatic heterocycles. The molecule has 10 N–H and O–H groups in total. The first-order chi connectivity index (χ1) is 15.4. The van der Waals surface area contributed by atoms with Gasteiger partial charge in [0.15, 0.2) is 6.17 Å². The van der Waals surface area contributed by atoms with Crippen LogP contribution in [0.2, 0.25) is 6.32 Å². The fourth-order valence-electron chi connectivity index (χ4n) is 3.53. The molecule has 2 aliphatic rings. The number of nitrogens with zero attached hydrogens (tertiary/aromatic N) is 1. The molecule has 0 unspecified atom stereocenters. The van der Waals surface area contributed by atoms with E-state index in [1.165, 1.54) is 11.0 Å². The van der Waals surface area contributed by atoms with Crippen molar-refractivity contribution in [2.45, 2.75) is 37.5 Å². The van der Waals surface area contributed by atoms with Crippen molar-refractivity contribution in [2.75, 3.05) is 13.1 Å². The number of ether oxygens (including phenoxy) is 1. The molecule has 0 radical (unpaired) electrons. The minimum atomic E-state index is -3.17. The van der Waals surface area contributed by atoms with Crippen LogP contribution in [0.15, 0.2) is 12.1 Å². The van der Waals surface area contributed by atoms with Gasteiger partial charge in [0, 0.05) is 0 Å².